The van der Waals surface area contributed by atoms with Gasteiger partial charge in [-0.3, -0.25) is 4.79 Å². The molecule has 0 atom stereocenters. The summed E-state index contributed by atoms with van der Waals surface area (Å²) in [6, 6.07) is 4.88. The molecule has 1 N–H and O–H groups in total. The van der Waals surface area contributed by atoms with Crippen LogP contribution in [0.1, 0.15) is 91.0 Å². The van der Waals surface area contributed by atoms with E-state index < -0.39 is 140 Å². The van der Waals surface area contributed by atoms with Crippen LogP contribution in [0.25, 0.3) is 6.08 Å². The molecule has 1 aromatic carbocycles. The summed E-state index contributed by atoms with van der Waals surface area (Å²) in [4.78, 5) is 24.9. The van der Waals surface area contributed by atoms with Crippen LogP contribution in [0.4, 0.5) is 114 Å². The number of halogens is 26. The molecule has 33 heteroatoms. The minimum absolute atomic E-state index is 0.101. The molecule has 1 amide bonds. The third kappa shape index (κ3) is 13.9. The van der Waals surface area contributed by atoms with Crippen LogP contribution in [-0.2, 0) is 23.8 Å². The molecule has 0 aromatic heterocycles. The number of carbonyl (C=O) groups excluding carboxylic acids is 2. The Morgan fingerprint density at radius 1 is 0.533 bits per heavy atom. The predicted octanol–water partition coefficient (Wildman–Crippen LogP) is 14.3. The second-order valence-corrected chi connectivity index (χ2v) is 17.8. The Balaban J connectivity index is 2.25. The lowest BCUT2D eigenvalue weighted by molar-refractivity contribution is -0.441. The van der Waals surface area contributed by atoms with E-state index >= 15 is 0 Å². The second-order valence-electron chi connectivity index (χ2n) is 17.8. The summed E-state index contributed by atoms with van der Waals surface area (Å²) in [5, 5.41) is 2.96. The van der Waals surface area contributed by atoms with E-state index in [0.717, 1.165) is 6.08 Å². The molecule has 0 unspecified atom stereocenters. The van der Waals surface area contributed by atoms with Gasteiger partial charge < -0.3 is 24.3 Å². The topological polar surface area (TPSA) is 83.1 Å². The van der Waals surface area contributed by atoms with E-state index in [-0.39, 0.29) is 17.7 Å². The molecule has 436 valence electrons. The van der Waals surface area contributed by atoms with Gasteiger partial charge in [-0.2, -0.15) is 114 Å². The summed E-state index contributed by atoms with van der Waals surface area (Å²) < 4.78 is 373. The van der Waals surface area contributed by atoms with Gasteiger partial charge in [0.1, 0.15) is 11.9 Å². The summed E-state index contributed by atoms with van der Waals surface area (Å²) in [6.07, 6.45) is -19.3. The van der Waals surface area contributed by atoms with Gasteiger partial charge in [0.25, 0.3) is 0 Å². The highest BCUT2D eigenvalue weighted by Gasteiger charge is 2.92. The van der Waals surface area contributed by atoms with Crippen LogP contribution in [0.3, 0.4) is 0 Å². The van der Waals surface area contributed by atoms with Gasteiger partial charge in [0.05, 0.1) is 19.8 Å². The second kappa shape index (κ2) is 22.6. The molecule has 7 nitrogen and oxygen atoms in total. The van der Waals surface area contributed by atoms with Gasteiger partial charge in [-0.25, -0.2) is 4.79 Å². The Bertz CT molecular complexity index is 2000. The number of hydrogen-bond donors (Lipinski definition) is 1. The fourth-order valence-corrected chi connectivity index (χ4v) is 6.39. The highest BCUT2D eigenvalue weighted by Crippen LogP contribution is 2.62. The van der Waals surface area contributed by atoms with Crippen LogP contribution in [0, 0.1) is 5.41 Å². The van der Waals surface area contributed by atoms with Gasteiger partial charge in [-0.1, -0.05) is 32.9 Å². The van der Waals surface area contributed by atoms with E-state index in [1.807, 2.05) is 6.92 Å². The van der Waals surface area contributed by atoms with Gasteiger partial charge in [0, 0.05) is 36.8 Å². The van der Waals surface area contributed by atoms with Crippen molar-refractivity contribution in [2.45, 2.75) is 175 Å². The van der Waals surface area contributed by atoms with E-state index in [1.165, 1.54) is 30.3 Å². The first-order valence-electron chi connectivity index (χ1n) is 21.5. The molecule has 1 aliphatic carbocycles. The molecule has 0 heterocycles. The molecule has 0 aliphatic heterocycles. The van der Waals surface area contributed by atoms with Crippen molar-refractivity contribution in [3.8, 4) is 5.75 Å². The van der Waals surface area contributed by atoms with E-state index in [4.69, 9.17) is 9.47 Å². The summed E-state index contributed by atoms with van der Waals surface area (Å²) in [5.74, 6) is -83.0. The SMILES string of the molecule is CCC(C)(C)C(=O)N[C@H]1CC[C@H](OC(=O)/C=C/c2ccc(OCCCC(C)(OCCC(F)(F)C(F)(F)C(F)(F)C(F)(F)C(F)(F)C(F)(F)F)OCCC(F)(F)C(F)(F)C(F)(F)C(F)(F)C(F)(F)C(F)(F)F)cc2)CC1. The number of rotatable bonds is 27. The maximum atomic E-state index is 14.5. The summed E-state index contributed by atoms with van der Waals surface area (Å²) in [7, 11) is 0. The fourth-order valence-electron chi connectivity index (χ4n) is 6.39. The van der Waals surface area contributed by atoms with Gasteiger partial charge in [0.2, 0.25) is 5.91 Å². The maximum Gasteiger partial charge on any atom is 0.460 e. The third-order valence-corrected chi connectivity index (χ3v) is 11.8. The number of nitrogens with one attached hydrogen (secondary N) is 1. The number of carbonyl (C=O) groups is 2. The van der Waals surface area contributed by atoms with Crippen molar-refractivity contribution in [2.75, 3.05) is 19.8 Å². The highest BCUT2D eigenvalue weighted by molar-refractivity contribution is 5.87. The molecule has 1 fully saturated rings. The molecular weight excluding hydrogens is 1110 g/mol. The minimum atomic E-state index is -8.33. The Kier molecular flexibility index (Phi) is 20.2. The lowest BCUT2D eigenvalue weighted by Gasteiger charge is -2.40. The summed E-state index contributed by atoms with van der Waals surface area (Å²) in [6.45, 7) is 0.271. The van der Waals surface area contributed by atoms with Crippen molar-refractivity contribution in [2.24, 2.45) is 5.41 Å². The first-order valence-corrected chi connectivity index (χ1v) is 21.5. The standard InChI is InChI=1S/C42H45F26NO6/c1-5-29(2,3)28(71)69-24-10-14-26(15-11-24)75-27(70)16-9-23-7-12-25(13-8-23)72-20-6-17-30(4,73-21-18-31(43,44)33(47,48)35(51,52)37(55,56)39(59,60)41(63,64)65)74-22-19-32(45,46)34(49,50)36(53,54)38(57,58)40(61,62)42(66,67)68/h7-9,12-13,16,24,26H,5-6,10-11,14-15,17-22H2,1-4H3,(H,69,71)/b16-9+/t24-,26-. The monoisotopic (exact) mass is 1150 g/mol. The van der Waals surface area contributed by atoms with E-state index in [0.29, 0.717) is 44.6 Å². The summed E-state index contributed by atoms with van der Waals surface area (Å²) in [5.41, 5.74) is -0.269. The number of esters is 1. The van der Waals surface area contributed by atoms with Crippen LogP contribution < -0.4 is 10.1 Å². The van der Waals surface area contributed by atoms with E-state index in [1.54, 1.807) is 13.8 Å². The van der Waals surface area contributed by atoms with Crippen molar-refractivity contribution >= 4 is 18.0 Å². The zero-order chi connectivity index (χ0) is 58.7. The largest absolute Gasteiger partial charge is 0.494 e. The first kappa shape index (κ1) is 66.9. The van der Waals surface area contributed by atoms with Crippen molar-refractivity contribution < 1.29 is 143 Å². The van der Waals surface area contributed by atoms with Crippen LogP contribution in [0.15, 0.2) is 30.3 Å². The lowest BCUT2D eigenvalue weighted by Crippen LogP contribution is -2.70. The van der Waals surface area contributed by atoms with Crippen molar-refractivity contribution in [3.05, 3.63) is 35.9 Å². The molecular formula is C42H45F26NO6. The predicted molar refractivity (Wildman–Crippen MR) is 206 cm³/mol. The number of amides is 1. The molecule has 2 rings (SSSR count). The Hall–Kier alpha value is -4.20. The molecule has 1 aliphatic rings. The number of hydrogen-bond acceptors (Lipinski definition) is 6. The van der Waals surface area contributed by atoms with Crippen LogP contribution >= 0.6 is 0 Å². The first-order chi connectivity index (χ1) is 33.4. The average Bonchev–Trinajstić information content (AvgIpc) is 3.26. The number of ether oxygens (including phenoxy) is 4. The molecule has 0 saturated heterocycles. The Morgan fingerprint density at radius 2 is 0.920 bits per heavy atom. The smallest absolute Gasteiger partial charge is 0.460 e. The van der Waals surface area contributed by atoms with Crippen molar-refractivity contribution in [1.82, 2.24) is 5.32 Å². The van der Waals surface area contributed by atoms with Crippen LogP contribution in [0.2, 0.25) is 0 Å². The van der Waals surface area contributed by atoms with E-state index in [2.05, 4.69) is 14.8 Å². The zero-order valence-corrected chi connectivity index (χ0v) is 38.9. The zero-order valence-electron chi connectivity index (χ0n) is 38.9. The van der Waals surface area contributed by atoms with Crippen molar-refractivity contribution in [3.63, 3.8) is 0 Å². The maximum absolute atomic E-state index is 14.5. The average molecular weight is 1150 g/mol. The van der Waals surface area contributed by atoms with Gasteiger partial charge in [0.15, 0.2) is 5.79 Å². The van der Waals surface area contributed by atoms with Crippen molar-refractivity contribution in [1.29, 1.82) is 0 Å². The molecule has 1 aromatic rings. The van der Waals surface area contributed by atoms with Gasteiger partial charge in [-0.15, -0.1) is 0 Å². The number of benzene rings is 1. The molecule has 1 saturated carbocycles. The molecule has 75 heavy (non-hydrogen) atoms. The molecule has 0 bridgehead atoms. The lowest BCUT2D eigenvalue weighted by atomic mass is 9.87. The van der Waals surface area contributed by atoms with E-state index in [9.17, 15) is 124 Å². The Labute approximate surface area is 408 Å². The summed E-state index contributed by atoms with van der Waals surface area (Å²) >= 11 is 0. The normalized spacial score (nSPS) is 18.1. The minimum Gasteiger partial charge on any atom is -0.494 e. The van der Waals surface area contributed by atoms with Gasteiger partial charge >= 0.3 is 77.5 Å². The quantitative estimate of drug-likeness (QED) is 0.0311. The van der Waals surface area contributed by atoms with Crippen LogP contribution in [-0.4, -0.2) is 121 Å². The van der Waals surface area contributed by atoms with Gasteiger partial charge in [-0.05, 0) is 69.2 Å². The third-order valence-electron chi connectivity index (χ3n) is 11.8. The Morgan fingerprint density at radius 3 is 1.29 bits per heavy atom. The van der Waals surface area contributed by atoms with Crippen LogP contribution in [0.5, 0.6) is 5.75 Å². The molecule has 0 radical (unpaired) electrons. The number of alkyl halides is 26. The highest BCUT2D eigenvalue weighted by atomic mass is 19.4. The molecule has 0 spiro atoms. The fraction of sp³-hybridized carbons (Fsp3) is 0.762.